The summed E-state index contributed by atoms with van der Waals surface area (Å²) in [5, 5.41) is 20.1. The van der Waals surface area contributed by atoms with E-state index in [4.69, 9.17) is 0 Å². The maximum absolute atomic E-state index is 14.3. The maximum Gasteiger partial charge on any atom is 0.326 e. The lowest BCUT2D eigenvalue weighted by molar-refractivity contribution is -0.146. The molecule has 1 aromatic heterocycles. The van der Waals surface area contributed by atoms with Crippen LogP contribution < -0.4 is 21.3 Å². The molecule has 0 radical (unpaired) electrons. The summed E-state index contributed by atoms with van der Waals surface area (Å²) in [4.78, 5) is 102. The quantitative estimate of drug-likeness (QED) is 0.123. The van der Waals surface area contributed by atoms with Gasteiger partial charge in [0.05, 0.1) is 12.2 Å². The molecule has 7 atom stereocenters. The van der Waals surface area contributed by atoms with Gasteiger partial charge in [0, 0.05) is 31.3 Å². The molecule has 1 unspecified atom stereocenters. The van der Waals surface area contributed by atoms with E-state index < -0.39 is 77.4 Å². The Bertz CT molecular complexity index is 1670. The molecule has 4 rings (SSSR count). The van der Waals surface area contributed by atoms with E-state index >= 15 is 0 Å². The lowest BCUT2D eigenvalue weighted by Crippen LogP contribution is -2.60. The monoisotopic (exact) mass is 717 g/mol. The van der Waals surface area contributed by atoms with E-state index in [1.807, 2.05) is 12.2 Å². The van der Waals surface area contributed by atoms with Crippen LogP contribution in [0.25, 0.3) is 0 Å². The van der Waals surface area contributed by atoms with Crippen LogP contribution in [-0.4, -0.2) is 98.0 Å². The van der Waals surface area contributed by atoms with Crippen molar-refractivity contribution in [2.75, 3.05) is 6.54 Å². The Morgan fingerprint density at radius 2 is 1.58 bits per heavy atom. The molecular weight excluding hydrogens is 670 g/mol. The first-order chi connectivity index (χ1) is 24.7. The lowest BCUT2D eigenvalue weighted by Gasteiger charge is -2.33. The van der Waals surface area contributed by atoms with Crippen LogP contribution in [0, 0.1) is 23.7 Å². The number of allylic oxidation sites excluding steroid dienone is 1. The van der Waals surface area contributed by atoms with Crippen molar-refractivity contribution in [3.63, 3.8) is 0 Å². The molecule has 0 saturated carbocycles. The van der Waals surface area contributed by atoms with E-state index in [1.165, 1.54) is 23.5 Å². The molecule has 0 bridgehead atoms. The van der Waals surface area contributed by atoms with Gasteiger partial charge in [-0.2, -0.15) is 0 Å². The fraction of sp³-hybridized carbons (Fsp3) is 0.486. The summed E-state index contributed by atoms with van der Waals surface area (Å²) in [6.45, 7) is 8.80. The number of hydrogen-bond acceptors (Lipinski definition) is 9. The zero-order valence-electron chi connectivity index (χ0n) is 29.9. The minimum Gasteiger partial charge on any atom is -0.480 e. The first kappa shape index (κ1) is 39.3. The maximum atomic E-state index is 14.3. The molecule has 1 aromatic carbocycles. The average Bonchev–Trinajstić information content (AvgIpc) is 3.73. The van der Waals surface area contributed by atoms with Gasteiger partial charge in [-0.15, -0.1) is 0 Å². The third-order valence-corrected chi connectivity index (χ3v) is 9.46. The summed E-state index contributed by atoms with van der Waals surface area (Å²) in [6.07, 6.45) is 8.40. The number of carbonyl (C=O) groups excluding carboxylic acids is 6. The first-order valence-corrected chi connectivity index (χ1v) is 17.5. The second kappa shape index (κ2) is 17.6. The zero-order chi connectivity index (χ0) is 38.1. The zero-order valence-corrected chi connectivity index (χ0v) is 29.9. The fourth-order valence-electron chi connectivity index (χ4n) is 6.57. The molecule has 0 spiro atoms. The van der Waals surface area contributed by atoms with Gasteiger partial charge in [0.25, 0.3) is 11.8 Å². The van der Waals surface area contributed by atoms with Gasteiger partial charge in [0.15, 0.2) is 0 Å². The van der Waals surface area contributed by atoms with E-state index in [0.29, 0.717) is 12.0 Å². The number of amides is 5. The number of ketones is 1. The summed E-state index contributed by atoms with van der Waals surface area (Å²) < 4.78 is 0. The van der Waals surface area contributed by atoms with Gasteiger partial charge < -0.3 is 31.3 Å². The Kier molecular flexibility index (Phi) is 13.3. The Morgan fingerprint density at radius 1 is 0.885 bits per heavy atom. The van der Waals surface area contributed by atoms with Crippen molar-refractivity contribution in [2.45, 2.75) is 84.1 Å². The smallest absolute Gasteiger partial charge is 0.326 e. The number of hydrogen-bond donors (Lipinski definition) is 5. The number of likely N-dealkylation sites (tertiary alicyclic amines) is 1. The molecule has 5 amide bonds. The number of benzene rings is 1. The van der Waals surface area contributed by atoms with Crippen LogP contribution in [0.3, 0.4) is 0 Å². The number of aliphatic carboxylic acids is 1. The third kappa shape index (κ3) is 9.44. The minimum atomic E-state index is -1.38. The predicted molar refractivity (Wildman–Crippen MR) is 188 cm³/mol. The van der Waals surface area contributed by atoms with Crippen molar-refractivity contribution < 1.29 is 38.7 Å². The van der Waals surface area contributed by atoms with E-state index in [1.54, 1.807) is 65.0 Å². The highest BCUT2D eigenvalue weighted by Crippen LogP contribution is 2.39. The van der Waals surface area contributed by atoms with Crippen molar-refractivity contribution in [2.24, 2.45) is 23.7 Å². The van der Waals surface area contributed by atoms with Gasteiger partial charge in [0.1, 0.15) is 29.9 Å². The van der Waals surface area contributed by atoms with Gasteiger partial charge >= 0.3 is 5.97 Å². The van der Waals surface area contributed by atoms with Crippen LogP contribution in [0.5, 0.6) is 0 Å². The topological polar surface area (TPSA) is 217 Å². The molecule has 15 heteroatoms. The Hall–Kier alpha value is -5.47. The number of carbonyl (C=O) groups is 7. The van der Waals surface area contributed by atoms with E-state index in [9.17, 15) is 38.7 Å². The molecule has 2 aromatic rings. The lowest BCUT2D eigenvalue weighted by atomic mass is 9.92. The number of Topliss-reactive ketones (excluding diaryl/α,β-unsaturated/α-hetero) is 1. The van der Waals surface area contributed by atoms with Crippen molar-refractivity contribution in [1.82, 2.24) is 36.1 Å². The van der Waals surface area contributed by atoms with Crippen LogP contribution in [0.15, 0.2) is 61.1 Å². The highest BCUT2D eigenvalue weighted by Gasteiger charge is 2.50. The number of rotatable bonds is 16. The van der Waals surface area contributed by atoms with Gasteiger partial charge in [-0.05, 0) is 36.2 Å². The molecule has 1 aliphatic carbocycles. The molecule has 15 nitrogen and oxygen atoms in total. The fourth-order valence-corrected chi connectivity index (χ4v) is 6.57. The summed E-state index contributed by atoms with van der Waals surface area (Å²) >= 11 is 0. The van der Waals surface area contributed by atoms with Crippen molar-refractivity contribution in [3.8, 4) is 0 Å². The SMILES string of the molecule is CCC(NC(=O)[C@@H]1[C@H]2CC=C[C@H]2CN1C(=O)[C@@H](NC(=O)[C@@H](NC(=O)c1cnccn1)C(C)C)C(C)C)C(=O)C(=O)N[C@@H](Cc1ccccc1)C(=O)O. The Balaban J connectivity index is 1.48. The summed E-state index contributed by atoms with van der Waals surface area (Å²) in [7, 11) is 0. The minimum absolute atomic E-state index is 0.0261. The van der Waals surface area contributed by atoms with Crippen LogP contribution in [-0.2, 0) is 35.2 Å². The predicted octanol–water partition coefficient (Wildman–Crippen LogP) is 1.05. The number of carboxylic acids is 1. The normalized spacial score (nSPS) is 20.0. The van der Waals surface area contributed by atoms with Gasteiger partial charge in [0.2, 0.25) is 23.5 Å². The highest BCUT2D eigenvalue weighted by molar-refractivity contribution is 6.38. The van der Waals surface area contributed by atoms with Crippen LogP contribution in [0.1, 0.15) is 63.5 Å². The molecule has 278 valence electrons. The van der Waals surface area contributed by atoms with Crippen LogP contribution in [0.2, 0.25) is 0 Å². The number of nitrogens with one attached hydrogen (secondary N) is 4. The summed E-state index contributed by atoms with van der Waals surface area (Å²) in [5.74, 6) is -7.03. The van der Waals surface area contributed by atoms with Crippen LogP contribution >= 0.6 is 0 Å². The van der Waals surface area contributed by atoms with E-state index in [2.05, 4.69) is 31.2 Å². The van der Waals surface area contributed by atoms with E-state index in [0.717, 1.165) is 0 Å². The summed E-state index contributed by atoms with van der Waals surface area (Å²) in [6, 6.07) is 2.89. The Morgan fingerprint density at radius 3 is 2.17 bits per heavy atom. The second-order valence-electron chi connectivity index (χ2n) is 13.8. The average molecular weight is 718 g/mol. The number of fused-ring (bicyclic) bond motifs is 1. The molecular formula is C37H47N7O8. The Labute approximate surface area is 302 Å². The largest absolute Gasteiger partial charge is 0.480 e. The molecule has 2 aliphatic rings. The number of nitrogens with zero attached hydrogens (tertiary/aromatic N) is 3. The number of carboxylic acid groups (broad SMARTS) is 1. The van der Waals surface area contributed by atoms with Crippen molar-refractivity contribution >= 4 is 41.3 Å². The van der Waals surface area contributed by atoms with Gasteiger partial charge in [-0.25, -0.2) is 9.78 Å². The van der Waals surface area contributed by atoms with Gasteiger partial charge in [-0.1, -0.05) is 77.1 Å². The van der Waals surface area contributed by atoms with Gasteiger partial charge in [-0.3, -0.25) is 33.8 Å². The van der Waals surface area contributed by atoms with E-state index in [-0.39, 0.29) is 42.8 Å². The molecule has 1 fully saturated rings. The van der Waals surface area contributed by atoms with Crippen LogP contribution in [0.4, 0.5) is 0 Å². The molecule has 52 heavy (non-hydrogen) atoms. The second-order valence-corrected chi connectivity index (χ2v) is 13.8. The molecule has 5 N–H and O–H groups in total. The highest BCUT2D eigenvalue weighted by atomic mass is 16.4. The first-order valence-electron chi connectivity index (χ1n) is 17.5. The third-order valence-electron chi connectivity index (χ3n) is 9.46. The summed E-state index contributed by atoms with van der Waals surface area (Å²) in [5.41, 5.74) is 0.675. The van der Waals surface area contributed by atoms with Crippen molar-refractivity contribution in [3.05, 3.63) is 72.3 Å². The number of aromatic nitrogens is 2. The molecule has 1 saturated heterocycles. The standard InChI is InChI=1S/C37H47N7O8/c1-6-25(31(45)35(49)41-26(37(51)52)17-22-11-8-7-9-12-22)40-34(48)30-24-14-10-13-23(24)19-44(30)36(50)29(21(4)5)43-33(47)28(20(2)3)42-32(46)27-18-38-15-16-39-27/h7-13,15-16,18,20-21,23-26,28-30H,6,14,17,19H2,1-5H3,(H,40,48)(H,41,49)(H,42,46)(H,43,47)(H,51,52)/t23-,24-,25?,26-,28-,29-,30-/m0/s1. The molecule has 2 heterocycles. The van der Waals surface area contributed by atoms with Crippen molar-refractivity contribution in [1.29, 1.82) is 0 Å². The molecule has 1 aliphatic heterocycles.